The monoisotopic (exact) mass is 377 g/mol. The molecule has 2 N–H and O–H groups in total. The van der Waals surface area contributed by atoms with E-state index in [2.05, 4.69) is 38.9 Å². The SMILES string of the molecule is C=CCn1c(S[C@H](CC)C(=O)NC2CCCC2)nnc1C1CCNCC1. The summed E-state index contributed by atoms with van der Waals surface area (Å²) in [7, 11) is 0. The van der Waals surface area contributed by atoms with Crippen LogP contribution in [0.3, 0.4) is 0 Å². The van der Waals surface area contributed by atoms with Crippen molar-refractivity contribution in [2.24, 2.45) is 0 Å². The molecule has 7 heteroatoms. The van der Waals surface area contributed by atoms with E-state index < -0.39 is 0 Å². The number of allylic oxidation sites excluding steroid dienone is 1. The van der Waals surface area contributed by atoms with Crippen LogP contribution in [-0.4, -0.2) is 45.1 Å². The molecule has 2 aliphatic rings. The Morgan fingerprint density at radius 3 is 2.73 bits per heavy atom. The minimum atomic E-state index is -0.121. The van der Waals surface area contributed by atoms with E-state index in [1.54, 1.807) is 11.8 Å². The third-order valence-electron chi connectivity index (χ3n) is 5.37. The molecule has 1 aromatic rings. The molecule has 3 rings (SSSR count). The van der Waals surface area contributed by atoms with E-state index in [-0.39, 0.29) is 11.2 Å². The Labute approximate surface area is 160 Å². The molecule has 0 aromatic carbocycles. The van der Waals surface area contributed by atoms with Crippen molar-refractivity contribution in [3.63, 3.8) is 0 Å². The van der Waals surface area contributed by atoms with Gasteiger partial charge in [-0.2, -0.15) is 0 Å². The number of nitrogens with one attached hydrogen (secondary N) is 2. The summed E-state index contributed by atoms with van der Waals surface area (Å²) in [6.07, 6.45) is 9.51. The molecule has 1 amide bonds. The maximum absolute atomic E-state index is 12.7. The molecule has 1 saturated heterocycles. The lowest BCUT2D eigenvalue weighted by atomic mass is 9.97. The topological polar surface area (TPSA) is 71.8 Å². The third-order valence-corrected chi connectivity index (χ3v) is 6.72. The van der Waals surface area contributed by atoms with Crippen LogP contribution >= 0.6 is 11.8 Å². The molecular formula is C19H31N5OS. The lowest BCUT2D eigenvalue weighted by Gasteiger charge is -2.23. The fourth-order valence-corrected chi connectivity index (χ4v) is 4.86. The first kappa shape index (κ1) is 19.4. The van der Waals surface area contributed by atoms with E-state index in [1.165, 1.54) is 12.8 Å². The molecule has 1 aliphatic heterocycles. The number of hydrogen-bond acceptors (Lipinski definition) is 5. The first-order valence-electron chi connectivity index (χ1n) is 9.94. The Hall–Kier alpha value is -1.34. The number of carbonyl (C=O) groups is 1. The summed E-state index contributed by atoms with van der Waals surface area (Å²) < 4.78 is 2.15. The van der Waals surface area contributed by atoms with Crippen LogP contribution < -0.4 is 10.6 Å². The Bertz CT molecular complexity index is 605. The Morgan fingerprint density at radius 1 is 1.35 bits per heavy atom. The van der Waals surface area contributed by atoms with E-state index in [9.17, 15) is 4.79 Å². The van der Waals surface area contributed by atoms with Crippen LogP contribution in [0.25, 0.3) is 0 Å². The number of amides is 1. The van der Waals surface area contributed by atoms with E-state index in [0.717, 1.165) is 56.2 Å². The zero-order valence-corrected chi connectivity index (χ0v) is 16.6. The van der Waals surface area contributed by atoms with Gasteiger partial charge in [-0.25, -0.2) is 0 Å². The highest BCUT2D eigenvalue weighted by molar-refractivity contribution is 8.00. The van der Waals surface area contributed by atoms with Gasteiger partial charge in [-0.05, 0) is 45.2 Å². The lowest BCUT2D eigenvalue weighted by molar-refractivity contribution is -0.121. The summed E-state index contributed by atoms with van der Waals surface area (Å²) in [5.74, 6) is 1.62. The van der Waals surface area contributed by atoms with Gasteiger partial charge >= 0.3 is 0 Å². The molecule has 2 fully saturated rings. The molecule has 26 heavy (non-hydrogen) atoms. The van der Waals surface area contributed by atoms with Gasteiger partial charge in [0.2, 0.25) is 5.91 Å². The molecule has 1 aliphatic carbocycles. The van der Waals surface area contributed by atoms with E-state index >= 15 is 0 Å². The van der Waals surface area contributed by atoms with Crippen LogP contribution in [0.15, 0.2) is 17.8 Å². The van der Waals surface area contributed by atoms with E-state index in [4.69, 9.17) is 0 Å². The molecule has 144 valence electrons. The average Bonchev–Trinajstić information content (AvgIpc) is 3.31. The summed E-state index contributed by atoms with van der Waals surface area (Å²) in [5.41, 5.74) is 0. The van der Waals surface area contributed by atoms with Crippen LogP contribution in [0.4, 0.5) is 0 Å². The van der Waals surface area contributed by atoms with Crippen molar-refractivity contribution in [1.82, 2.24) is 25.4 Å². The highest BCUT2D eigenvalue weighted by Gasteiger charge is 2.27. The number of nitrogens with zero attached hydrogens (tertiary/aromatic N) is 3. The quantitative estimate of drug-likeness (QED) is 0.538. The smallest absolute Gasteiger partial charge is 0.233 e. The van der Waals surface area contributed by atoms with Crippen LogP contribution in [0.2, 0.25) is 0 Å². The minimum absolute atomic E-state index is 0.121. The van der Waals surface area contributed by atoms with Gasteiger partial charge in [0.1, 0.15) is 5.82 Å². The fraction of sp³-hybridized carbons (Fsp3) is 0.737. The predicted octanol–water partition coefficient (Wildman–Crippen LogP) is 2.86. The van der Waals surface area contributed by atoms with Gasteiger partial charge in [0, 0.05) is 18.5 Å². The van der Waals surface area contributed by atoms with Crippen molar-refractivity contribution in [3.8, 4) is 0 Å². The molecule has 0 radical (unpaired) electrons. The van der Waals surface area contributed by atoms with Gasteiger partial charge in [-0.15, -0.1) is 16.8 Å². The van der Waals surface area contributed by atoms with Crippen LogP contribution in [0, 0.1) is 0 Å². The fourth-order valence-electron chi connectivity index (χ4n) is 3.88. The number of rotatable bonds is 8. The van der Waals surface area contributed by atoms with Gasteiger partial charge in [0.15, 0.2) is 5.16 Å². The van der Waals surface area contributed by atoms with Gasteiger partial charge in [-0.1, -0.05) is 37.6 Å². The highest BCUT2D eigenvalue weighted by Crippen LogP contribution is 2.30. The van der Waals surface area contributed by atoms with E-state index in [1.807, 2.05) is 6.08 Å². The zero-order chi connectivity index (χ0) is 18.4. The molecule has 0 spiro atoms. The number of aromatic nitrogens is 3. The molecule has 6 nitrogen and oxygen atoms in total. The zero-order valence-electron chi connectivity index (χ0n) is 15.7. The first-order chi connectivity index (χ1) is 12.7. The highest BCUT2D eigenvalue weighted by atomic mass is 32.2. The third kappa shape index (κ3) is 4.68. The van der Waals surface area contributed by atoms with Crippen molar-refractivity contribution in [1.29, 1.82) is 0 Å². The first-order valence-corrected chi connectivity index (χ1v) is 10.8. The lowest BCUT2D eigenvalue weighted by Crippen LogP contribution is -2.38. The molecule has 1 aromatic heterocycles. The number of carbonyl (C=O) groups excluding carboxylic acids is 1. The van der Waals surface area contributed by atoms with E-state index in [0.29, 0.717) is 18.5 Å². The van der Waals surface area contributed by atoms with Gasteiger partial charge < -0.3 is 15.2 Å². The average molecular weight is 378 g/mol. The van der Waals surface area contributed by atoms with Crippen LogP contribution in [0.5, 0.6) is 0 Å². The molecule has 0 unspecified atom stereocenters. The number of thioether (sulfide) groups is 1. The standard InChI is InChI=1S/C19H31N5OS/c1-3-13-24-17(14-9-11-20-12-10-14)22-23-19(24)26-16(4-2)18(25)21-15-7-5-6-8-15/h3,14-16,20H,1,4-13H2,2H3,(H,21,25)/t16-/m1/s1. The number of piperidine rings is 1. The van der Waals surface area contributed by atoms with Crippen molar-refractivity contribution in [2.75, 3.05) is 13.1 Å². The molecular weight excluding hydrogens is 346 g/mol. The largest absolute Gasteiger partial charge is 0.352 e. The Kier molecular flexibility index (Phi) is 7.14. The summed E-state index contributed by atoms with van der Waals surface area (Å²) in [6.45, 7) is 8.69. The van der Waals surface area contributed by atoms with Crippen molar-refractivity contribution >= 4 is 17.7 Å². The molecule has 2 heterocycles. The minimum Gasteiger partial charge on any atom is -0.352 e. The van der Waals surface area contributed by atoms with Gasteiger partial charge in [0.05, 0.1) is 5.25 Å². The Morgan fingerprint density at radius 2 is 2.08 bits per heavy atom. The second-order valence-electron chi connectivity index (χ2n) is 7.27. The van der Waals surface area contributed by atoms with Gasteiger partial charge in [-0.3, -0.25) is 4.79 Å². The summed E-state index contributed by atoms with van der Waals surface area (Å²) in [6, 6.07) is 0.355. The Balaban J connectivity index is 1.70. The second-order valence-corrected chi connectivity index (χ2v) is 8.44. The van der Waals surface area contributed by atoms with Crippen LogP contribution in [0.1, 0.15) is 63.6 Å². The normalized spacial score (nSPS) is 20.2. The summed E-state index contributed by atoms with van der Waals surface area (Å²) in [4.78, 5) is 12.7. The van der Waals surface area contributed by atoms with Gasteiger partial charge in [0.25, 0.3) is 0 Å². The molecule has 0 bridgehead atoms. The molecule has 1 atom stereocenters. The van der Waals surface area contributed by atoms with Crippen molar-refractivity contribution in [2.45, 2.75) is 80.8 Å². The maximum Gasteiger partial charge on any atom is 0.233 e. The summed E-state index contributed by atoms with van der Waals surface area (Å²) in [5, 5.41) is 16.3. The van der Waals surface area contributed by atoms with Crippen molar-refractivity contribution < 1.29 is 4.79 Å². The number of hydrogen-bond donors (Lipinski definition) is 2. The van der Waals surface area contributed by atoms with Crippen LogP contribution in [-0.2, 0) is 11.3 Å². The van der Waals surface area contributed by atoms with Crippen molar-refractivity contribution in [3.05, 3.63) is 18.5 Å². The molecule has 1 saturated carbocycles. The summed E-state index contributed by atoms with van der Waals surface area (Å²) >= 11 is 1.55. The maximum atomic E-state index is 12.7. The second kappa shape index (κ2) is 9.55. The predicted molar refractivity (Wildman–Crippen MR) is 105 cm³/mol.